The van der Waals surface area contributed by atoms with Gasteiger partial charge in [0.25, 0.3) is 5.91 Å². The van der Waals surface area contributed by atoms with E-state index in [0.717, 1.165) is 31.3 Å². The van der Waals surface area contributed by atoms with Gasteiger partial charge in [-0.2, -0.15) is 0 Å². The van der Waals surface area contributed by atoms with Crippen LogP contribution in [0.1, 0.15) is 36.4 Å². The van der Waals surface area contributed by atoms with E-state index >= 15 is 0 Å². The molecule has 32 heavy (non-hydrogen) atoms. The topological polar surface area (TPSA) is 95.6 Å². The molecule has 1 aromatic carbocycles. The monoisotopic (exact) mass is 451 g/mol. The van der Waals surface area contributed by atoms with Crippen LogP contribution in [0, 0.1) is 0 Å². The zero-order valence-corrected chi connectivity index (χ0v) is 18.8. The molecule has 2 aliphatic rings. The standard InChI is InChI=1S/C23H25N5O3S/c1-13(2)31-16-7-3-6-15(11-16)28-17-8-10-25-22-18(17)19(27-23(28)30)20(32-22)21(29)26-14-5-4-9-24-12-14/h3,6-8,10-11,13-14,24H,4-5,9,12H2,1-2H3,(H,26,29)(H,27,30). The molecule has 4 heterocycles. The quantitative estimate of drug-likeness (QED) is 0.539. The first-order valence-corrected chi connectivity index (χ1v) is 11.6. The summed E-state index contributed by atoms with van der Waals surface area (Å²) in [5.74, 6) is 0.511. The number of nitrogens with one attached hydrogen (secondary N) is 3. The predicted molar refractivity (Wildman–Crippen MR) is 126 cm³/mol. The van der Waals surface area contributed by atoms with Crippen molar-refractivity contribution < 1.29 is 14.3 Å². The maximum atomic E-state index is 13.2. The number of anilines is 3. The average Bonchev–Trinajstić information content (AvgIpc) is 3.14. The number of benzene rings is 1. The van der Waals surface area contributed by atoms with Crippen LogP contribution in [0.3, 0.4) is 0 Å². The second kappa shape index (κ2) is 8.40. The molecule has 0 radical (unpaired) electrons. The van der Waals surface area contributed by atoms with E-state index in [-0.39, 0.29) is 24.1 Å². The number of rotatable bonds is 5. The SMILES string of the molecule is CC(C)Oc1cccc(N2C(=O)Nc3c(C(=O)NC4CCCNC4)sc4nccc2c34)c1. The van der Waals surface area contributed by atoms with Gasteiger partial charge in [-0.15, -0.1) is 11.3 Å². The Morgan fingerprint density at radius 1 is 1.34 bits per heavy atom. The van der Waals surface area contributed by atoms with E-state index in [1.54, 1.807) is 17.2 Å². The minimum atomic E-state index is -0.321. The Kier molecular flexibility index (Phi) is 5.44. The highest BCUT2D eigenvalue weighted by molar-refractivity contribution is 7.21. The number of thiophene rings is 1. The molecule has 5 rings (SSSR count). The molecule has 2 aromatic heterocycles. The molecule has 9 heteroatoms. The van der Waals surface area contributed by atoms with Crippen molar-refractivity contribution in [1.29, 1.82) is 0 Å². The number of urea groups is 1. The third-order valence-corrected chi connectivity index (χ3v) is 6.63. The molecular formula is C23H25N5O3S. The Bertz CT molecular complexity index is 1190. The van der Waals surface area contributed by atoms with Gasteiger partial charge in [-0.25, -0.2) is 9.78 Å². The molecule has 3 amide bonds. The first-order chi connectivity index (χ1) is 15.5. The van der Waals surface area contributed by atoms with Crippen molar-refractivity contribution in [3.8, 4) is 5.75 Å². The molecule has 3 aromatic rings. The number of nitrogens with zero attached hydrogens (tertiary/aromatic N) is 2. The molecule has 1 unspecified atom stereocenters. The van der Waals surface area contributed by atoms with E-state index < -0.39 is 0 Å². The fourth-order valence-corrected chi connectivity index (χ4v) is 5.22. The van der Waals surface area contributed by atoms with Crippen molar-refractivity contribution in [1.82, 2.24) is 15.6 Å². The second-order valence-electron chi connectivity index (χ2n) is 8.26. The summed E-state index contributed by atoms with van der Waals surface area (Å²) >= 11 is 1.30. The summed E-state index contributed by atoms with van der Waals surface area (Å²) in [6.07, 6.45) is 3.67. The summed E-state index contributed by atoms with van der Waals surface area (Å²) in [6.45, 7) is 5.65. The van der Waals surface area contributed by atoms with Crippen molar-refractivity contribution in [2.75, 3.05) is 23.3 Å². The smallest absolute Gasteiger partial charge is 0.331 e. The van der Waals surface area contributed by atoms with Crippen molar-refractivity contribution in [3.05, 3.63) is 41.4 Å². The van der Waals surface area contributed by atoms with E-state index in [1.165, 1.54) is 11.3 Å². The Balaban J connectivity index is 1.53. The van der Waals surface area contributed by atoms with E-state index in [4.69, 9.17) is 4.74 Å². The zero-order valence-electron chi connectivity index (χ0n) is 18.0. The van der Waals surface area contributed by atoms with Gasteiger partial charge in [0, 0.05) is 24.8 Å². The number of hydrogen-bond acceptors (Lipinski definition) is 6. The number of pyridine rings is 1. The Morgan fingerprint density at radius 2 is 2.22 bits per heavy atom. The largest absolute Gasteiger partial charge is 0.491 e. The Morgan fingerprint density at radius 3 is 3.00 bits per heavy atom. The van der Waals surface area contributed by atoms with Gasteiger partial charge in [0.1, 0.15) is 15.5 Å². The van der Waals surface area contributed by atoms with Crippen LogP contribution in [0.4, 0.5) is 21.9 Å². The van der Waals surface area contributed by atoms with E-state index in [1.807, 2.05) is 38.1 Å². The van der Waals surface area contributed by atoms with Crippen molar-refractivity contribution in [2.24, 2.45) is 0 Å². The summed E-state index contributed by atoms with van der Waals surface area (Å²) < 4.78 is 5.80. The third kappa shape index (κ3) is 3.78. The molecule has 0 aliphatic carbocycles. The molecule has 0 spiro atoms. The highest BCUT2D eigenvalue weighted by Crippen LogP contribution is 2.46. The molecule has 2 aliphatic heterocycles. The second-order valence-corrected chi connectivity index (χ2v) is 9.26. The molecule has 0 saturated carbocycles. The number of hydrogen-bond donors (Lipinski definition) is 3. The minimum Gasteiger partial charge on any atom is -0.491 e. The van der Waals surface area contributed by atoms with Crippen LogP contribution in [-0.4, -0.2) is 42.2 Å². The number of amides is 3. The molecule has 166 valence electrons. The number of carbonyl (C=O) groups is 2. The molecule has 1 fully saturated rings. The highest BCUT2D eigenvalue weighted by Gasteiger charge is 2.33. The van der Waals surface area contributed by atoms with Crippen LogP contribution in [0.15, 0.2) is 36.5 Å². The minimum absolute atomic E-state index is 0.0250. The maximum Gasteiger partial charge on any atom is 0.331 e. The van der Waals surface area contributed by atoms with Crippen LogP contribution < -0.4 is 25.6 Å². The number of piperidine rings is 1. The summed E-state index contributed by atoms with van der Waals surface area (Å²) in [4.78, 5) is 33.5. The molecule has 0 bridgehead atoms. The molecular weight excluding hydrogens is 426 g/mol. The van der Waals surface area contributed by atoms with Gasteiger partial charge in [0.05, 0.1) is 28.6 Å². The molecule has 3 N–H and O–H groups in total. The van der Waals surface area contributed by atoms with E-state index in [9.17, 15) is 9.59 Å². The van der Waals surface area contributed by atoms with Crippen molar-refractivity contribution in [2.45, 2.75) is 38.8 Å². The summed E-state index contributed by atoms with van der Waals surface area (Å²) in [5.41, 5.74) is 1.92. The third-order valence-electron chi connectivity index (χ3n) is 5.53. The van der Waals surface area contributed by atoms with Crippen molar-refractivity contribution >= 4 is 50.6 Å². The first-order valence-electron chi connectivity index (χ1n) is 10.8. The van der Waals surface area contributed by atoms with Crippen molar-refractivity contribution in [3.63, 3.8) is 0 Å². The van der Waals surface area contributed by atoms with Crippen LogP contribution in [0.2, 0.25) is 0 Å². The van der Waals surface area contributed by atoms with Gasteiger partial charge >= 0.3 is 6.03 Å². The van der Waals surface area contributed by atoms with E-state index in [0.29, 0.717) is 32.5 Å². The lowest BCUT2D eigenvalue weighted by Crippen LogP contribution is -2.45. The average molecular weight is 452 g/mol. The Labute approximate surface area is 190 Å². The number of aromatic nitrogens is 1. The van der Waals surface area contributed by atoms with Crippen LogP contribution in [0.5, 0.6) is 5.75 Å². The summed E-state index contributed by atoms with van der Waals surface area (Å²) in [6, 6.07) is 9.00. The van der Waals surface area contributed by atoms with Gasteiger partial charge in [-0.05, 0) is 51.4 Å². The van der Waals surface area contributed by atoms with Gasteiger partial charge in [0.2, 0.25) is 0 Å². The van der Waals surface area contributed by atoms with Crippen LogP contribution in [0.25, 0.3) is 10.2 Å². The normalized spacial score (nSPS) is 18.0. The predicted octanol–water partition coefficient (Wildman–Crippen LogP) is 4.25. The number of ether oxygens (including phenoxy) is 1. The fraction of sp³-hybridized carbons (Fsp3) is 0.348. The maximum absolute atomic E-state index is 13.2. The molecule has 1 atom stereocenters. The molecule has 8 nitrogen and oxygen atoms in total. The Hall–Kier alpha value is -3.17. The lowest BCUT2D eigenvalue weighted by Gasteiger charge is -2.29. The van der Waals surface area contributed by atoms with Gasteiger partial charge in [-0.3, -0.25) is 9.69 Å². The van der Waals surface area contributed by atoms with E-state index in [2.05, 4.69) is 20.9 Å². The highest BCUT2D eigenvalue weighted by atomic mass is 32.1. The van der Waals surface area contributed by atoms with Gasteiger partial charge < -0.3 is 20.7 Å². The first kappa shape index (κ1) is 20.7. The van der Waals surface area contributed by atoms with Crippen LogP contribution >= 0.6 is 11.3 Å². The zero-order chi connectivity index (χ0) is 22.2. The summed E-state index contributed by atoms with van der Waals surface area (Å²) in [5, 5.41) is 10.1. The molecule has 1 saturated heterocycles. The van der Waals surface area contributed by atoms with Gasteiger partial charge in [-0.1, -0.05) is 6.07 Å². The lowest BCUT2D eigenvalue weighted by molar-refractivity contribution is 0.0935. The van der Waals surface area contributed by atoms with Crippen LogP contribution in [-0.2, 0) is 0 Å². The number of carbonyl (C=O) groups excluding carboxylic acids is 2. The fourth-order valence-electron chi connectivity index (χ4n) is 4.19. The van der Waals surface area contributed by atoms with Gasteiger partial charge in [0.15, 0.2) is 0 Å². The lowest BCUT2D eigenvalue weighted by atomic mass is 10.1. The summed E-state index contributed by atoms with van der Waals surface area (Å²) in [7, 11) is 0.